The largest absolute Gasteiger partial charge is 0.261 e. The maximum Gasteiger partial charge on any atom is 0.00997 e. The molecule has 0 spiro atoms. The molecule has 2 N–H and O–H groups in total. The minimum absolute atomic E-state index is 0.837. The third-order valence-corrected chi connectivity index (χ3v) is 1.26. The Kier molecular flexibility index (Phi) is 5.99. The molecule has 0 rings (SSSR count). The number of hydrogen-bond acceptors (Lipinski definition) is 2. The molecule has 0 aromatic carbocycles. The van der Waals surface area contributed by atoms with Gasteiger partial charge in [0.05, 0.1) is 0 Å². The van der Waals surface area contributed by atoms with Crippen LogP contribution in [0.25, 0.3) is 0 Å². The van der Waals surface area contributed by atoms with E-state index in [1.54, 1.807) is 0 Å². The molecule has 0 amide bonds. The maximum atomic E-state index is 3.05. The summed E-state index contributed by atoms with van der Waals surface area (Å²) in [4.78, 5) is 0. The van der Waals surface area contributed by atoms with E-state index in [1.807, 2.05) is 7.05 Å². The fraction of sp³-hybridized carbons (Fsp3) is 1.00. The summed E-state index contributed by atoms with van der Waals surface area (Å²) in [5, 5.41) is 0. The third kappa shape index (κ3) is 7.92. The average molecular weight is 130 g/mol. The molecule has 2 nitrogen and oxygen atoms in total. The minimum Gasteiger partial charge on any atom is -0.261 e. The Morgan fingerprint density at radius 2 is 2.00 bits per heavy atom. The molecule has 9 heavy (non-hydrogen) atoms. The Hall–Kier alpha value is -0.0800. The molecule has 0 aromatic rings. The molecule has 0 heterocycles. The monoisotopic (exact) mass is 130 g/mol. The number of nitrogens with one attached hydrogen (secondary N) is 2. The molecule has 0 radical (unpaired) electrons. The van der Waals surface area contributed by atoms with Crippen LogP contribution in [0.15, 0.2) is 0 Å². The van der Waals surface area contributed by atoms with Crippen molar-refractivity contribution in [2.24, 2.45) is 5.92 Å². The van der Waals surface area contributed by atoms with Gasteiger partial charge in [-0.1, -0.05) is 13.8 Å². The number of hydrogen-bond donors (Lipinski definition) is 2. The van der Waals surface area contributed by atoms with E-state index in [0.29, 0.717) is 0 Å². The molecule has 56 valence electrons. The molecule has 0 aromatic heterocycles. The summed E-state index contributed by atoms with van der Waals surface area (Å²) in [6, 6.07) is 0. The zero-order valence-corrected chi connectivity index (χ0v) is 6.70. The number of rotatable bonds is 5. The van der Waals surface area contributed by atoms with Crippen LogP contribution in [0.3, 0.4) is 0 Å². The van der Waals surface area contributed by atoms with Crippen LogP contribution >= 0.6 is 0 Å². The lowest BCUT2D eigenvalue weighted by Gasteiger charge is -2.04. The number of hydrazine groups is 1. The van der Waals surface area contributed by atoms with Gasteiger partial charge in [-0.3, -0.25) is 10.9 Å². The van der Waals surface area contributed by atoms with Crippen LogP contribution in [0, 0.1) is 5.92 Å². The molecule has 0 unspecified atom stereocenters. The highest BCUT2D eigenvalue weighted by Crippen LogP contribution is 2.00. The van der Waals surface area contributed by atoms with Crippen LogP contribution in [0.2, 0.25) is 0 Å². The van der Waals surface area contributed by atoms with Crippen LogP contribution < -0.4 is 10.9 Å². The molecule has 0 bridgehead atoms. The van der Waals surface area contributed by atoms with Gasteiger partial charge in [0, 0.05) is 6.54 Å². The highest BCUT2D eigenvalue weighted by molar-refractivity contribution is 4.46. The van der Waals surface area contributed by atoms with Crippen molar-refractivity contribution in [2.45, 2.75) is 26.7 Å². The van der Waals surface area contributed by atoms with Crippen molar-refractivity contribution >= 4 is 0 Å². The predicted octanol–water partition coefficient (Wildman–Crippen LogP) is 1.15. The quantitative estimate of drug-likeness (QED) is 0.431. The van der Waals surface area contributed by atoms with Gasteiger partial charge in [-0.15, -0.1) is 0 Å². The van der Waals surface area contributed by atoms with Crippen LogP contribution in [0.1, 0.15) is 26.7 Å². The van der Waals surface area contributed by atoms with Gasteiger partial charge < -0.3 is 0 Å². The van der Waals surface area contributed by atoms with Crippen LogP contribution in [-0.2, 0) is 0 Å². The van der Waals surface area contributed by atoms with E-state index in [4.69, 9.17) is 0 Å². The van der Waals surface area contributed by atoms with E-state index >= 15 is 0 Å². The standard InChI is InChI=1S/C7H18N2/c1-7(2)5-4-6-9-8-3/h7-9H,4-6H2,1-3H3. The van der Waals surface area contributed by atoms with Gasteiger partial charge in [-0.2, -0.15) is 0 Å². The third-order valence-electron chi connectivity index (χ3n) is 1.26. The van der Waals surface area contributed by atoms with E-state index in [2.05, 4.69) is 24.7 Å². The fourth-order valence-corrected chi connectivity index (χ4v) is 0.724. The first-order valence-electron chi connectivity index (χ1n) is 3.67. The summed E-state index contributed by atoms with van der Waals surface area (Å²) in [6.07, 6.45) is 2.58. The van der Waals surface area contributed by atoms with Crippen molar-refractivity contribution in [3.63, 3.8) is 0 Å². The normalized spacial score (nSPS) is 10.7. The lowest BCUT2D eigenvalue weighted by molar-refractivity contribution is 0.503. The van der Waals surface area contributed by atoms with E-state index in [1.165, 1.54) is 12.8 Å². The maximum absolute atomic E-state index is 3.05. The van der Waals surface area contributed by atoms with Gasteiger partial charge in [-0.25, -0.2) is 0 Å². The van der Waals surface area contributed by atoms with Crippen molar-refractivity contribution in [1.82, 2.24) is 10.9 Å². The smallest absolute Gasteiger partial charge is 0.00997 e. The first-order valence-corrected chi connectivity index (χ1v) is 3.67. The second kappa shape index (κ2) is 6.05. The Balaban J connectivity index is 2.75. The highest BCUT2D eigenvalue weighted by Gasteiger charge is 1.91. The summed E-state index contributed by atoms with van der Waals surface area (Å²) in [5.41, 5.74) is 5.95. The lowest BCUT2D eigenvalue weighted by atomic mass is 10.1. The summed E-state index contributed by atoms with van der Waals surface area (Å²) < 4.78 is 0. The summed E-state index contributed by atoms with van der Waals surface area (Å²) in [5.74, 6) is 0.837. The molecule has 0 fully saturated rings. The molecule has 0 saturated heterocycles. The molecule has 0 aliphatic heterocycles. The van der Waals surface area contributed by atoms with Crippen molar-refractivity contribution in [3.05, 3.63) is 0 Å². The van der Waals surface area contributed by atoms with Crippen molar-refractivity contribution in [2.75, 3.05) is 13.6 Å². The first kappa shape index (κ1) is 8.92. The predicted molar refractivity (Wildman–Crippen MR) is 41.1 cm³/mol. The first-order chi connectivity index (χ1) is 4.27. The van der Waals surface area contributed by atoms with Crippen molar-refractivity contribution in [3.8, 4) is 0 Å². The summed E-state index contributed by atoms with van der Waals surface area (Å²) in [7, 11) is 1.90. The molecular weight excluding hydrogens is 112 g/mol. The van der Waals surface area contributed by atoms with Gasteiger partial charge in [0.25, 0.3) is 0 Å². The summed E-state index contributed by atoms with van der Waals surface area (Å²) >= 11 is 0. The molecule has 2 heteroatoms. The van der Waals surface area contributed by atoms with E-state index < -0.39 is 0 Å². The van der Waals surface area contributed by atoms with Gasteiger partial charge in [-0.05, 0) is 25.8 Å². The topological polar surface area (TPSA) is 24.1 Å². The van der Waals surface area contributed by atoms with Gasteiger partial charge in [0.1, 0.15) is 0 Å². The summed E-state index contributed by atoms with van der Waals surface area (Å²) in [6.45, 7) is 5.58. The Labute approximate surface area is 58.0 Å². The lowest BCUT2D eigenvalue weighted by Crippen LogP contribution is -2.28. The Bertz CT molecular complexity index is 52.9. The second-order valence-electron chi connectivity index (χ2n) is 2.71. The van der Waals surface area contributed by atoms with Crippen molar-refractivity contribution < 1.29 is 0 Å². The molecular formula is C7H18N2. The Morgan fingerprint density at radius 3 is 2.44 bits per heavy atom. The Morgan fingerprint density at radius 1 is 1.33 bits per heavy atom. The molecule has 0 saturated carbocycles. The SMILES string of the molecule is CNNCCCC(C)C. The van der Waals surface area contributed by atoms with Crippen LogP contribution in [-0.4, -0.2) is 13.6 Å². The van der Waals surface area contributed by atoms with E-state index in [9.17, 15) is 0 Å². The van der Waals surface area contributed by atoms with E-state index in [0.717, 1.165) is 12.5 Å². The minimum atomic E-state index is 0.837. The average Bonchev–Trinajstić information content (AvgIpc) is 1.80. The zero-order chi connectivity index (χ0) is 7.11. The van der Waals surface area contributed by atoms with E-state index in [-0.39, 0.29) is 0 Å². The molecule has 0 atom stereocenters. The molecule has 0 aliphatic rings. The second-order valence-corrected chi connectivity index (χ2v) is 2.71. The molecule has 0 aliphatic carbocycles. The van der Waals surface area contributed by atoms with Crippen LogP contribution in [0.4, 0.5) is 0 Å². The van der Waals surface area contributed by atoms with Gasteiger partial charge in [0.15, 0.2) is 0 Å². The fourth-order valence-electron chi connectivity index (χ4n) is 0.724. The van der Waals surface area contributed by atoms with Crippen LogP contribution in [0.5, 0.6) is 0 Å². The zero-order valence-electron chi connectivity index (χ0n) is 6.70. The van der Waals surface area contributed by atoms with Gasteiger partial charge >= 0.3 is 0 Å². The van der Waals surface area contributed by atoms with Crippen molar-refractivity contribution in [1.29, 1.82) is 0 Å². The highest BCUT2D eigenvalue weighted by atomic mass is 15.3. The van der Waals surface area contributed by atoms with Gasteiger partial charge in [0.2, 0.25) is 0 Å².